The molecule has 1 aromatic heterocycles. The number of benzene rings is 3. The van der Waals surface area contributed by atoms with Crippen molar-refractivity contribution in [2.75, 3.05) is 7.11 Å². The zero-order chi connectivity index (χ0) is 20.8. The van der Waals surface area contributed by atoms with E-state index < -0.39 is 0 Å². The van der Waals surface area contributed by atoms with E-state index in [1.54, 1.807) is 12.1 Å². The quantitative estimate of drug-likeness (QED) is 0.375. The predicted molar refractivity (Wildman–Crippen MR) is 124 cm³/mol. The first-order chi connectivity index (χ1) is 14.7. The Morgan fingerprint density at radius 1 is 1.00 bits per heavy atom. The molecule has 4 rings (SSSR count). The highest BCUT2D eigenvalue weighted by Gasteiger charge is 2.06. The van der Waals surface area contributed by atoms with Crippen LogP contribution in [0.2, 0.25) is 0 Å². The summed E-state index contributed by atoms with van der Waals surface area (Å²) >= 11 is 1.51. The summed E-state index contributed by atoms with van der Waals surface area (Å²) in [6.07, 6.45) is 3.89. The first kappa shape index (κ1) is 19.6. The van der Waals surface area contributed by atoms with Gasteiger partial charge in [-0.05, 0) is 23.8 Å². The van der Waals surface area contributed by atoms with Crippen molar-refractivity contribution in [1.82, 2.24) is 4.98 Å². The second-order valence-corrected chi connectivity index (χ2v) is 7.35. The molecule has 0 fully saturated rings. The van der Waals surface area contributed by atoms with E-state index in [0.29, 0.717) is 10.9 Å². The summed E-state index contributed by atoms with van der Waals surface area (Å²) in [4.78, 5) is 9.49. The van der Waals surface area contributed by atoms with E-state index in [1.165, 1.54) is 18.4 Å². The summed E-state index contributed by atoms with van der Waals surface area (Å²) in [7, 11) is 1.53. The molecule has 0 aliphatic carbocycles. The van der Waals surface area contributed by atoms with E-state index in [9.17, 15) is 5.11 Å². The predicted octanol–water partition coefficient (Wildman–Crippen LogP) is 6.36. The maximum absolute atomic E-state index is 9.80. The number of ether oxygens (including phenoxy) is 1. The molecule has 5 heteroatoms. The Hall–Kier alpha value is -3.70. The molecule has 1 heterocycles. The summed E-state index contributed by atoms with van der Waals surface area (Å²) in [5, 5.41) is 12.5. The largest absolute Gasteiger partial charge is 0.504 e. The zero-order valence-corrected chi connectivity index (χ0v) is 17.2. The number of hydrogen-bond acceptors (Lipinski definition) is 5. The van der Waals surface area contributed by atoms with Crippen LogP contribution in [0.3, 0.4) is 0 Å². The van der Waals surface area contributed by atoms with Gasteiger partial charge in [0.1, 0.15) is 0 Å². The van der Waals surface area contributed by atoms with Gasteiger partial charge in [-0.25, -0.2) is 9.98 Å². The topological polar surface area (TPSA) is 54.7 Å². The van der Waals surface area contributed by atoms with E-state index in [-0.39, 0.29) is 5.75 Å². The lowest BCUT2D eigenvalue weighted by atomic mass is 10.1. The number of thiazole rings is 1. The highest BCUT2D eigenvalue weighted by molar-refractivity contribution is 7.13. The summed E-state index contributed by atoms with van der Waals surface area (Å²) in [5.41, 5.74) is 4.69. The molecule has 148 valence electrons. The Bertz CT molecular complexity index is 1180. The number of allylic oxidation sites excluding steroid dienone is 1. The molecule has 0 aliphatic heterocycles. The van der Waals surface area contributed by atoms with Gasteiger partial charge < -0.3 is 9.84 Å². The van der Waals surface area contributed by atoms with Gasteiger partial charge in [0.15, 0.2) is 11.5 Å². The van der Waals surface area contributed by atoms with Gasteiger partial charge in [0, 0.05) is 16.5 Å². The number of aliphatic imine (C=N–C) groups is 1. The third-order valence-corrected chi connectivity index (χ3v) is 5.22. The Kier molecular flexibility index (Phi) is 6.01. The van der Waals surface area contributed by atoms with E-state index in [1.807, 2.05) is 84.3 Å². The van der Waals surface area contributed by atoms with E-state index in [0.717, 1.165) is 28.1 Å². The van der Waals surface area contributed by atoms with Crippen LogP contribution in [0.5, 0.6) is 11.5 Å². The number of methoxy groups -OCH3 is 1. The van der Waals surface area contributed by atoms with Gasteiger partial charge in [-0.2, -0.15) is 0 Å². The number of rotatable bonds is 6. The molecule has 0 radical (unpaired) electrons. The average Bonchev–Trinajstić information content (AvgIpc) is 3.27. The third kappa shape index (κ3) is 4.64. The lowest BCUT2D eigenvalue weighted by Crippen LogP contribution is -1.95. The minimum atomic E-state index is 0.114. The molecular weight excluding hydrogens is 392 g/mol. The number of nitrogens with zero attached hydrogens (tertiary/aromatic N) is 2. The van der Waals surface area contributed by atoms with Crippen LogP contribution in [-0.2, 0) is 0 Å². The van der Waals surface area contributed by atoms with Crippen molar-refractivity contribution in [2.45, 2.75) is 0 Å². The molecule has 4 aromatic rings. The molecule has 30 heavy (non-hydrogen) atoms. The molecule has 0 unspecified atom stereocenters. The van der Waals surface area contributed by atoms with Crippen molar-refractivity contribution in [2.24, 2.45) is 4.99 Å². The van der Waals surface area contributed by atoms with Crippen LogP contribution >= 0.6 is 11.3 Å². The Balaban J connectivity index is 1.68. The van der Waals surface area contributed by atoms with Gasteiger partial charge in [-0.1, -0.05) is 72.8 Å². The number of aromatic hydroxyl groups is 1. The SMILES string of the molecule is COc1cc(C=CC(=Nc2nc(-c3ccccc3)cs2)c2ccccc2)ccc1O. The summed E-state index contributed by atoms with van der Waals surface area (Å²) < 4.78 is 5.20. The molecule has 0 amide bonds. The zero-order valence-electron chi connectivity index (χ0n) is 16.4. The van der Waals surface area contributed by atoms with E-state index in [2.05, 4.69) is 4.98 Å². The van der Waals surface area contributed by atoms with Crippen LogP contribution < -0.4 is 4.74 Å². The fourth-order valence-electron chi connectivity index (χ4n) is 2.94. The minimum absolute atomic E-state index is 0.114. The summed E-state index contributed by atoms with van der Waals surface area (Å²) in [5.74, 6) is 0.547. The minimum Gasteiger partial charge on any atom is -0.504 e. The molecule has 0 atom stereocenters. The van der Waals surface area contributed by atoms with Crippen LogP contribution in [0.1, 0.15) is 11.1 Å². The molecular formula is C25H20N2O2S. The summed E-state index contributed by atoms with van der Waals surface area (Å²) in [6, 6.07) is 25.3. The van der Waals surface area contributed by atoms with Crippen LogP contribution in [0.25, 0.3) is 17.3 Å². The molecule has 0 saturated heterocycles. The normalized spacial score (nSPS) is 11.7. The third-order valence-electron chi connectivity index (χ3n) is 4.48. The monoisotopic (exact) mass is 412 g/mol. The number of hydrogen-bond donors (Lipinski definition) is 1. The maximum atomic E-state index is 9.80. The maximum Gasteiger partial charge on any atom is 0.210 e. The highest BCUT2D eigenvalue weighted by Crippen LogP contribution is 2.28. The Labute approximate surface area is 179 Å². The van der Waals surface area contributed by atoms with Gasteiger partial charge in [0.25, 0.3) is 0 Å². The molecule has 0 spiro atoms. The van der Waals surface area contributed by atoms with Crippen LogP contribution in [-0.4, -0.2) is 22.9 Å². The molecule has 4 nitrogen and oxygen atoms in total. The highest BCUT2D eigenvalue weighted by atomic mass is 32.1. The van der Waals surface area contributed by atoms with E-state index in [4.69, 9.17) is 9.73 Å². The average molecular weight is 413 g/mol. The number of aromatic nitrogens is 1. The summed E-state index contributed by atoms with van der Waals surface area (Å²) in [6.45, 7) is 0. The Morgan fingerprint density at radius 2 is 1.73 bits per heavy atom. The standard InChI is InChI=1S/C25H20N2O2S/c1-29-24-16-18(13-15-23(24)28)12-14-21(19-8-4-2-5-9-19)26-25-27-22(17-30-25)20-10-6-3-7-11-20/h2-17,28H,1H3. The van der Waals surface area contributed by atoms with Crippen LogP contribution in [0.4, 0.5) is 5.13 Å². The van der Waals surface area contributed by atoms with Crippen molar-refractivity contribution >= 4 is 28.3 Å². The van der Waals surface area contributed by atoms with Crippen molar-refractivity contribution < 1.29 is 9.84 Å². The second kappa shape index (κ2) is 9.20. The van der Waals surface area contributed by atoms with Gasteiger partial charge in [0.05, 0.1) is 18.5 Å². The molecule has 0 aliphatic rings. The van der Waals surface area contributed by atoms with Crippen molar-refractivity contribution in [3.05, 3.63) is 101 Å². The first-order valence-corrected chi connectivity index (χ1v) is 10.3. The molecule has 0 saturated carbocycles. The van der Waals surface area contributed by atoms with Crippen LogP contribution in [0, 0.1) is 0 Å². The second-order valence-electron chi connectivity index (χ2n) is 6.51. The van der Waals surface area contributed by atoms with Gasteiger partial charge in [0.2, 0.25) is 5.13 Å². The van der Waals surface area contributed by atoms with Crippen molar-refractivity contribution in [3.8, 4) is 22.8 Å². The van der Waals surface area contributed by atoms with Gasteiger partial charge in [-0.3, -0.25) is 0 Å². The van der Waals surface area contributed by atoms with E-state index >= 15 is 0 Å². The van der Waals surface area contributed by atoms with Crippen molar-refractivity contribution in [3.63, 3.8) is 0 Å². The number of phenols is 1. The first-order valence-electron chi connectivity index (χ1n) is 9.43. The Morgan fingerprint density at radius 3 is 2.47 bits per heavy atom. The molecule has 1 N–H and O–H groups in total. The lowest BCUT2D eigenvalue weighted by Gasteiger charge is -2.04. The number of phenolic OH excluding ortho intramolecular Hbond substituents is 1. The van der Waals surface area contributed by atoms with Crippen LogP contribution in [0.15, 0.2) is 95.3 Å². The molecule has 3 aromatic carbocycles. The molecule has 0 bridgehead atoms. The lowest BCUT2D eigenvalue weighted by molar-refractivity contribution is 0.373. The van der Waals surface area contributed by atoms with Gasteiger partial charge >= 0.3 is 0 Å². The fraction of sp³-hybridized carbons (Fsp3) is 0.0400. The van der Waals surface area contributed by atoms with Gasteiger partial charge in [-0.15, -0.1) is 11.3 Å². The van der Waals surface area contributed by atoms with Crippen molar-refractivity contribution in [1.29, 1.82) is 0 Å². The smallest absolute Gasteiger partial charge is 0.210 e. The fourth-order valence-corrected chi connectivity index (χ4v) is 3.65.